The van der Waals surface area contributed by atoms with Crippen LogP contribution in [-0.2, 0) is 4.79 Å². The standard InChI is InChI=1S/C15H32N2O/c1-4-5-6-7-8-14(3)17-15(18)10-9-13(2)11-12-16/h13-14H,4-12,16H2,1-3H3,(H,17,18). The normalized spacial score (nSPS) is 14.2. The highest BCUT2D eigenvalue weighted by Gasteiger charge is 2.09. The Morgan fingerprint density at radius 1 is 1.11 bits per heavy atom. The molecule has 0 aliphatic carbocycles. The second kappa shape index (κ2) is 11.5. The summed E-state index contributed by atoms with van der Waals surface area (Å²) < 4.78 is 0. The molecule has 0 saturated heterocycles. The van der Waals surface area contributed by atoms with Gasteiger partial charge < -0.3 is 11.1 Å². The molecule has 0 rings (SSSR count). The van der Waals surface area contributed by atoms with Crippen LogP contribution >= 0.6 is 0 Å². The maximum Gasteiger partial charge on any atom is 0.220 e. The average Bonchev–Trinajstić information content (AvgIpc) is 2.32. The fraction of sp³-hybridized carbons (Fsp3) is 0.933. The van der Waals surface area contributed by atoms with Crippen LogP contribution < -0.4 is 11.1 Å². The van der Waals surface area contributed by atoms with Crippen molar-refractivity contribution >= 4 is 5.91 Å². The Hall–Kier alpha value is -0.570. The topological polar surface area (TPSA) is 55.1 Å². The predicted octanol–water partition coefficient (Wildman–Crippen LogP) is 3.23. The van der Waals surface area contributed by atoms with Gasteiger partial charge in [0, 0.05) is 12.5 Å². The van der Waals surface area contributed by atoms with E-state index in [2.05, 4.69) is 26.1 Å². The van der Waals surface area contributed by atoms with Gasteiger partial charge in [-0.05, 0) is 38.6 Å². The third-order valence-corrected chi connectivity index (χ3v) is 3.42. The summed E-state index contributed by atoms with van der Waals surface area (Å²) in [5.41, 5.74) is 5.50. The molecule has 0 aromatic carbocycles. The average molecular weight is 256 g/mol. The fourth-order valence-corrected chi connectivity index (χ4v) is 2.10. The van der Waals surface area contributed by atoms with E-state index in [1.54, 1.807) is 0 Å². The molecule has 0 spiro atoms. The Labute approximate surface area is 113 Å². The van der Waals surface area contributed by atoms with Crippen LogP contribution in [0.1, 0.15) is 72.1 Å². The lowest BCUT2D eigenvalue weighted by Crippen LogP contribution is -2.32. The molecule has 0 radical (unpaired) electrons. The summed E-state index contributed by atoms with van der Waals surface area (Å²) >= 11 is 0. The van der Waals surface area contributed by atoms with E-state index >= 15 is 0 Å². The van der Waals surface area contributed by atoms with Gasteiger partial charge in [-0.1, -0.05) is 39.5 Å². The summed E-state index contributed by atoms with van der Waals surface area (Å²) in [7, 11) is 0. The Bertz CT molecular complexity index is 207. The first-order valence-corrected chi connectivity index (χ1v) is 7.59. The van der Waals surface area contributed by atoms with Crippen molar-refractivity contribution in [3.05, 3.63) is 0 Å². The van der Waals surface area contributed by atoms with Gasteiger partial charge in [0.2, 0.25) is 5.91 Å². The zero-order valence-electron chi connectivity index (χ0n) is 12.5. The molecular weight excluding hydrogens is 224 g/mol. The molecule has 108 valence electrons. The molecular formula is C15H32N2O. The highest BCUT2D eigenvalue weighted by Crippen LogP contribution is 2.10. The third-order valence-electron chi connectivity index (χ3n) is 3.42. The Morgan fingerprint density at radius 2 is 1.83 bits per heavy atom. The molecule has 1 amide bonds. The molecule has 0 aliphatic heterocycles. The highest BCUT2D eigenvalue weighted by atomic mass is 16.1. The van der Waals surface area contributed by atoms with Gasteiger partial charge in [-0.15, -0.1) is 0 Å². The van der Waals surface area contributed by atoms with Crippen LogP contribution in [0.3, 0.4) is 0 Å². The Morgan fingerprint density at radius 3 is 2.44 bits per heavy atom. The molecule has 3 heteroatoms. The molecule has 2 unspecified atom stereocenters. The first-order chi connectivity index (χ1) is 8.60. The van der Waals surface area contributed by atoms with Gasteiger partial charge in [-0.2, -0.15) is 0 Å². The van der Waals surface area contributed by atoms with Crippen molar-refractivity contribution in [3.8, 4) is 0 Å². The second-order valence-electron chi connectivity index (χ2n) is 5.54. The van der Waals surface area contributed by atoms with E-state index in [4.69, 9.17) is 5.73 Å². The molecule has 0 bridgehead atoms. The molecule has 0 saturated carbocycles. The SMILES string of the molecule is CCCCCCC(C)NC(=O)CCC(C)CCN. The lowest BCUT2D eigenvalue weighted by atomic mass is 10.0. The van der Waals surface area contributed by atoms with Crippen LogP contribution in [0.5, 0.6) is 0 Å². The van der Waals surface area contributed by atoms with E-state index in [0.29, 0.717) is 18.4 Å². The number of nitrogens with one attached hydrogen (secondary N) is 1. The zero-order chi connectivity index (χ0) is 13.8. The van der Waals surface area contributed by atoms with Crippen LogP contribution in [-0.4, -0.2) is 18.5 Å². The minimum Gasteiger partial charge on any atom is -0.354 e. The number of hydrogen-bond acceptors (Lipinski definition) is 2. The van der Waals surface area contributed by atoms with Gasteiger partial charge in [0.1, 0.15) is 0 Å². The Balaban J connectivity index is 3.54. The molecule has 18 heavy (non-hydrogen) atoms. The van der Waals surface area contributed by atoms with Crippen molar-refractivity contribution in [2.45, 2.75) is 78.2 Å². The highest BCUT2D eigenvalue weighted by molar-refractivity contribution is 5.76. The van der Waals surface area contributed by atoms with Gasteiger partial charge >= 0.3 is 0 Å². The second-order valence-corrected chi connectivity index (χ2v) is 5.54. The summed E-state index contributed by atoms with van der Waals surface area (Å²) in [6, 6.07) is 0.319. The number of unbranched alkanes of at least 4 members (excludes halogenated alkanes) is 3. The van der Waals surface area contributed by atoms with Gasteiger partial charge in [0.05, 0.1) is 0 Å². The molecule has 0 aromatic rings. The molecule has 0 heterocycles. The number of rotatable bonds is 11. The van der Waals surface area contributed by atoms with Crippen molar-refractivity contribution in [2.24, 2.45) is 11.7 Å². The van der Waals surface area contributed by atoms with E-state index in [9.17, 15) is 4.79 Å². The number of nitrogens with two attached hydrogens (primary N) is 1. The van der Waals surface area contributed by atoms with Crippen molar-refractivity contribution in [1.29, 1.82) is 0 Å². The summed E-state index contributed by atoms with van der Waals surface area (Å²) in [6.45, 7) is 7.20. The van der Waals surface area contributed by atoms with E-state index in [1.807, 2.05) is 0 Å². The number of amides is 1. The quantitative estimate of drug-likeness (QED) is 0.558. The Kier molecular flexibility index (Phi) is 11.2. The summed E-state index contributed by atoms with van der Waals surface area (Å²) in [5, 5.41) is 3.08. The van der Waals surface area contributed by atoms with Crippen LogP contribution in [0.2, 0.25) is 0 Å². The molecule has 2 atom stereocenters. The lowest BCUT2D eigenvalue weighted by molar-refractivity contribution is -0.122. The van der Waals surface area contributed by atoms with Crippen molar-refractivity contribution in [3.63, 3.8) is 0 Å². The predicted molar refractivity (Wildman–Crippen MR) is 78.4 cm³/mol. The van der Waals surface area contributed by atoms with Crippen LogP contribution in [0, 0.1) is 5.92 Å². The molecule has 0 aliphatic rings. The first-order valence-electron chi connectivity index (χ1n) is 7.59. The summed E-state index contributed by atoms with van der Waals surface area (Å²) in [4.78, 5) is 11.7. The molecule has 0 aromatic heterocycles. The van der Waals surface area contributed by atoms with Gasteiger partial charge in [0.25, 0.3) is 0 Å². The lowest BCUT2D eigenvalue weighted by Gasteiger charge is -2.15. The zero-order valence-corrected chi connectivity index (χ0v) is 12.5. The van der Waals surface area contributed by atoms with Crippen molar-refractivity contribution in [1.82, 2.24) is 5.32 Å². The smallest absolute Gasteiger partial charge is 0.220 e. The van der Waals surface area contributed by atoms with Gasteiger partial charge in [-0.3, -0.25) is 4.79 Å². The van der Waals surface area contributed by atoms with E-state index < -0.39 is 0 Å². The third kappa shape index (κ3) is 10.6. The van der Waals surface area contributed by atoms with Crippen molar-refractivity contribution in [2.75, 3.05) is 6.54 Å². The van der Waals surface area contributed by atoms with Gasteiger partial charge in [0.15, 0.2) is 0 Å². The molecule has 3 nitrogen and oxygen atoms in total. The van der Waals surface area contributed by atoms with Crippen LogP contribution in [0.4, 0.5) is 0 Å². The minimum absolute atomic E-state index is 0.196. The number of carbonyl (C=O) groups excluding carboxylic acids is 1. The summed E-state index contributed by atoms with van der Waals surface area (Å²) in [5.74, 6) is 0.752. The molecule has 0 fully saturated rings. The monoisotopic (exact) mass is 256 g/mol. The maximum atomic E-state index is 11.7. The van der Waals surface area contributed by atoms with Crippen LogP contribution in [0.25, 0.3) is 0 Å². The van der Waals surface area contributed by atoms with E-state index in [-0.39, 0.29) is 5.91 Å². The minimum atomic E-state index is 0.196. The van der Waals surface area contributed by atoms with E-state index in [1.165, 1.54) is 25.7 Å². The first kappa shape index (κ1) is 17.4. The number of hydrogen-bond donors (Lipinski definition) is 2. The summed E-state index contributed by atoms with van der Waals surface area (Å²) in [6.07, 6.45) is 8.77. The van der Waals surface area contributed by atoms with Crippen molar-refractivity contribution < 1.29 is 4.79 Å². The maximum absolute atomic E-state index is 11.7. The van der Waals surface area contributed by atoms with Crippen LogP contribution in [0.15, 0.2) is 0 Å². The van der Waals surface area contributed by atoms with E-state index in [0.717, 1.165) is 25.8 Å². The fourth-order valence-electron chi connectivity index (χ4n) is 2.10. The number of carbonyl (C=O) groups is 1. The van der Waals surface area contributed by atoms with Gasteiger partial charge in [-0.25, -0.2) is 0 Å². The largest absolute Gasteiger partial charge is 0.354 e. The molecule has 3 N–H and O–H groups in total.